The van der Waals surface area contributed by atoms with Crippen molar-refractivity contribution in [1.29, 1.82) is 0 Å². The van der Waals surface area contributed by atoms with Gasteiger partial charge in [0.1, 0.15) is 6.10 Å². The number of hydrogen-bond acceptors (Lipinski definition) is 2. The van der Waals surface area contributed by atoms with Crippen LogP contribution in [0.25, 0.3) is 0 Å². The van der Waals surface area contributed by atoms with Gasteiger partial charge in [0, 0.05) is 6.92 Å². The molecule has 0 N–H and O–H groups in total. The van der Waals surface area contributed by atoms with Crippen LogP contribution in [0.4, 0.5) is 0 Å². The van der Waals surface area contributed by atoms with E-state index in [4.69, 9.17) is 4.74 Å². The highest BCUT2D eigenvalue weighted by Gasteiger charge is 2.53. The van der Waals surface area contributed by atoms with Crippen molar-refractivity contribution >= 4 is 5.97 Å². The summed E-state index contributed by atoms with van der Waals surface area (Å²) in [5.74, 6) is 3.50. The normalized spacial score (nSPS) is 49.4. The number of esters is 1. The number of hydrogen-bond donors (Lipinski definition) is 0. The van der Waals surface area contributed by atoms with E-state index < -0.39 is 0 Å². The molecule has 2 nitrogen and oxygen atoms in total. The fourth-order valence-electron chi connectivity index (χ4n) is 4.34. The molecule has 0 aliphatic heterocycles. The first kappa shape index (κ1) is 8.75. The highest BCUT2D eigenvalue weighted by atomic mass is 16.5. The SMILES string of the molecule is CC(=O)OC1CCC2C3CCC2C1C3. The fraction of sp³-hybridized carbons (Fsp3) is 0.917. The Kier molecular flexibility index (Phi) is 1.86. The van der Waals surface area contributed by atoms with Crippen molar-refractivity contribution < 1.29 is 9.53 Å². The second-order valence-corrected chi connectivity index (χ2v) is 5.29. The average Bonchev–Trinajstić information content (AvgIpc) is 2.64. The molecule has 0 spiro atoms. The lowest BCUT2D eigenvalue weighted by molar-refractivity contribution is -0.152. The van der Waals surface area contributed by atoms with Gasteiger partial charge in [-0.05, 0) is 55.8 Å². The molecule has 0 heterocycles. The Bertz CT molecular complexity index is 261. The van der Waals surface area contributed by atoms with Crippen molar-refractivity contribution in [3.63, 3.8) is 0 Å². The molecule has 3 saturated carbocycles. The maximum atomic E-state index is 11.0. The summed E-state index contributed by atoms with van der Waals surface area (Å²) >= 11 is 0. The zero-order chi connectivity index (χ0) is 9.71. The van der Waals surface area contributed by atoms with Gasteiger partial charge in [0.15, 0.2) is 0 Å². The zero-order valence-corrected chi connectivity index (χ0v) is 8.74. The Labute approximate surface area is 85.0 Å². The largest absolute Gasteiger partial charge is 0.462 e. The Morgan fingerprint density at radius 1 is 1.07 bits per heavy atom. The van der Waals surface area contributed by atoms with E-state index in [0.29, 0.717) is 0 Å². The maximum absolute atomic E-state index is 11.0. The van der Waals surface area contributed by atoms with E-state index in [-0.39, 0.29) is 12.1 Å². The molecule has 14 heavy (non-hydrogen) atoms. The molecular weight excluding hydrogens is 176 g/mol. The first-order chi connectivity index (χ1) is 6.75. The van der Waals surface area contributed by atoms with Gasteiger partial charge in [-0.25, -0.2) is 0 Å². The van der Waals surface area contributed by atoms with Crippen LogP contribution in [-0.4, -0.2) is 12.1 Å². The molecule has 0 saturated heterocycles. The summed E-state index contributed by atoms with van der Waals surface area (Å²) in [5, 5.41) is 0. The van der Waals surface area contributed by atoms with E-state index in [1.165, 1.54) is 25.7 Å². The van der Waals surface area contributed by atoms with Gasteiger partial charge in [0.25, 0.3) is 0 Å². The molecule has 0 amide bonds. The van der Waals surface area contributed by atoms with Crippen LogP contribution in [0.2, 0.25) is 0 Å². The van der Waals surface area contributed by atoms with E-state index in [2.05, 4.69) is 0 Å². The van der Waals surface area contributed by atoms with Gasteiger partial charge < -0.3 is 4.74 Å². The van der Waals surface area contributed by atoms with Gasteiger partial charge in [-0.15, -0.1) is 0 Å². The second-order valence-electron chi connectivity index (χ2n) is 5.29. The molecule has 2 heteroatoms. The van der Waals surface area contributed by atoms with Gasteiger partial charge in [-0.3, -0.25) is 4.79 Å². The Hall–Kier alpha value is -0.530. The number of carbonyl (C=O) groups excluding carboxylic acids is 1. The summed E-state index contributed by atoms with van der Waals surface area (Å²) in [7, 11) is 0. The molecule has 0 aromatic rings. The van der Waals surface area contributed by atoms with E-state index in [9.17, 15) is 4.79 Å². The van der Waals surface area contributed by atoms with Gasteiger partial charge in [0.2, 0.25) is 0 Å². The summed E-state index contributed by atoms with van der Waals surface area (Å²) < 4.78 is 5.44. The minimum Gasteiger partial charge on any atom is -0.462 e. The smallest absolute Gasteiger partial charge is 0.302 e. The summed E-state index contributed by atoms with van der Waals surface area (Å²) in [5.41, 5.74) is 0. The standard InChI is InChI=1S/C12H18O2/c1-7(13)14-12-5-4-9-8-2-3-10(9)11(12)6-8/h8-12H,2-6H2,1H3. The Morgan fingerprint density at radius 2 is 1.86 bits per heavy atom. The van der Waals surface area contributed by atoms with Crippen molar-refractivity contribution in [3.05, 3.63) is 0 Å². The van der Waals surface area contributed by atoms with Crippen LogP contribution in [0, 0.1) is 23.7 Å². The van der Waals surface area contributed by atoms with Crippen molar-refractivity contribution in [3.8, 4) is 0 Å². The lowest BCUT2D eigenvalue weighted by Gasteiger charge is -2.34. The Balaban J connectivity index is 1.76. The molecule has 0 radical (unpaired) electrons. The molecule has 0 aromatic heterocycles. The van der Waals surface area contributed by atoms with Crippen LogP contribution in [0.5, 0.6) is 0 Å². The monoisotopic (exact) mass is 194 g/mol. The van der Waals surface area contributed by atoms with Crippen molar-refractivity contribution in [2.24, 2.45) is 23.7 Å². The molecule has 5 unspecified atom stereocenters. The predicted molar refractivity (Wildman–Crippen MR) is 52.6 cm³/mol. The number of carbonyl (C=O) groups is 1. The molecule has 78 valence electrons. The third-order valence-corrected chi connectivity index (χ3v) is 4.73. The molecule has 3 fully saturated rings. The minimum absolute atomic E-state index is 0.0868. The van der Waals surface area contributed by atoms with E-state index in [0.717, 1.165) is 30.1 Å². The molecule has 0 aromatic carbocycles. The van der Waals surface area contributed by atoms with Gasteiger partial charge in [-0.2, -0.15) is 0 Å². The molecule has 3 rings (SSSR count). The molecule has 3 aliphatic carbocycles. The van der Waals surface area contributed by atoms with E-state index in [1.54, 1.807) is 6.92 Å². The van der Waals surface area contributed by atoms with Gasteiger partial charge in [0.05, 0.1) is 0 Å². The van der Waals surface area contributed by atoms with E-state index in [1.807, 2.05) is 0 Å². The fourth-order valence-corrected chi connectivity index (χ4v) is 4.34. The lowest BCUT2D eigenvalue weighted by Crippen LogP contribution is -2.34. The van der Waals surface area contributed by atoms with Crippen LogP contribution in [0.1, 0.15) is 39.0 Å². The number of rotatable bonds is 1. The summed E-state index contributed by atoms with van der Waals surface area (Å²) in [6.45, 7) is 1.54. The van der Waals surface area contributed by atoms with Crippen LogP contribution in [-0.2, 0) is 9.53 Å². The highest BCUT2D eigenvalue weighted by molar-refractivity contribution is 5.66. The quantitative estimate of drug-likeness (QED) is 0.599. The lowest BCUT2D eigenvalue weighted by atomic mass is 9.77. The zero-order valence-electron chi connectivity index (χ0n) is 8.74. The predicted octanol–water partition coefficient (Wildman–Crippen LogP) is 2.37. The first-order valence-electron chi connectivity index (χ1n) is 5.93. The third kappa shape index (κ3) is 1.12. The minimum atomic E-state index is -0.0868. The van der Waals surface area contributed by atoms with Crippen molar-refractivity contribution in [2.75, 3.05) is 0 Å². The summed E-state index contributed by atoms with van der Waals surface area (Å²) in [6.07, 6.45) is 6.88. The molecule has 4 bridgehead atoms. The van der Waals surface area contributed by atoms with Crippen LogP contribution in [0.3, 0.4) is 0 Å². The van der Waals surface area contributed by atoms with Gasteiger partial charge in [-0.1, -0.05) is 0 Å². The van der Waals surface area contributed by atoms with Crippen LogP contribution >= 0.6 is 0 Å². The average molecular weight is 194 g/mol. The molecule has 5 atom stereocenters. The highest BCUT2D eigenvalue weighted by Crippen LogP contribution is 2.59. The maximum Gasteiger partial charge on any atom is 0.302 e. The van der Waals surface area contributed by atoms with Gasteiger partial charge >= 0.3 is 5.97 Å². The van der Waals surface area contributed by atoms with Crippen LogP contribution in [0.15, 0.2) is 0 Å². The van der Waals surface area contributed by atoms with Crippen molar-refractivity contribution in [2.45, 2.75) is 45.1 Å². The number of ether oxygens (including phenoxy) is 1. The molecular formula is C12H18O2. The Morgan fingerprint density at radius 3 is 2.64 bits per heavy atom. The first-order valence-corrected chi connectivity index (χ1v) is 5.93. The second kappa shape index (κ2) is 2.98. The van der Waals surface area contributed by atoms with Crippen LogP contribution < -0.4 is 0 Å². The summed E-state index contributed by atoms with van der Waals surface area (Å²) in [4.78, 5) is 11.0. The topological polar surface area (TPSA) is 26.3 Å². The van der Waals surface area contributed by atoms with E-state index >= 15 is 0 Å². The third-order valence-electron chi connectivity index (χ3n) is 4.73. The summed E-state index contributed by atoms with van der Waals surface area (Å²) in [6, 6.07) is 0. The van der Waals surface area contributed by atoms with Crippen molar-refractivity contribution in [1.82, 2.24) is 0 Å². The molecule has 3 aliphatic rings.